The summed E-state index contributed by atoms with van der Waals surface area (Å²) < 4.78 is 0. The van der Waals surface area contributed by atoms with E-state index in [1.54, 1.807) is 11.1 Å². The summed E-state index contributed by atoms with van der Waals surface area (Å²) >= 11 is 0. The number of rotatable bonds is 1. The lowest BCUT2D eigenvalue weighted by Crippen LogP contribution is -1.89. The smallest absolute Gasteiger partial charge is 0.0196 e. The first kappa shape index (κ1) is 9.51. The Morgan fingerprint density at radius 1 is 1.14 bits per heavy atom. The zero-order valence-corrected chi connectivity index (χ0v) is 9.30. The van der Waals surface area contributed by atoms with Crippen molar-refractivity contribution < 1.29 is 0 Å². The highest BCUT2D eigenvalue weighted by atomic mass is 14.2. The van der Waals surface area contributed by atoms with Gasteiger partial charge in [-0.15, -0.1) is 0 Å². The second kappa shape index (κ2) is 3.61. The normalized spacial score (nSPS) is 21.8. The van der Waals surface area contributed by atoms with Gasteiger partial charge in [-0.1, -0.05) is 36.8 Å². The van der Waals surface area contributed by atoms with Crippen LogP contribution in [-0.4, -0.2) is 0 Å². The van der Waals surface area contributed by atoms with Gasteiger partial charge in [-0.05, 0) is 49.3 Å². The molecule has 0 saturated carbocycles. The monoisotopic (exact) mass is 186 g/mol. The van der Waals surface area contributed by atoms with Crippen LogP contribution >= 0.6 is 0 Å². The number of hydrogen-bond donors (Lipinski definition) is 0. The van der Waals surface area contributed by atoms with Gasteiger partial charge in [0.25, 0.3) is 0 Å². The molecule has 1 aliphatic rings. The minimum Gasteiger partial charge on any atom is -0.0667 e. The molecule has 0 nitrogen and oxygen atoms in total. The molecule has 1 atom stereocenters. The molecule has 1 aromatic rings. The van der Waals surface area contributed by atoms with E-state index in [4.69, 9.17) is 0 Å². The Labute approximate surface area is 86.7 Å². The lowest BCUT2D eigenvalue weighted by atomic mass is 9.97. The maximum Gasteiger partial charge on any atom is -0.0196 e. The predicted octanol–water partition coefficient (Wildman–Crippen LogP) is 4.20. The van der Waals surface area contributed by atoms with Crippen LogP contribution in [-0.2, 0) is 0 Å². The quantitative estimate of drug-likeness (QED) is 0.616. The molecule has 74 valence electrons. The highest BCUT2D eigenvalue weighted by Gasteiger charge is 2.19. The lowest BCUT2D eigenvalue weighted by Gasteiger charge is -2.08. The molecular weight excluding hydrogens is 168 g/mol. The van der Waals surface area contributed by atoms with Crippen molar-refractivity contribution in [2.24, 2.45) is 5.92 Å². The van der Waals surface area contributed by atoms with Gasteiger partial charge in [-0.2, -0.15) is 0 Å². The Kier molecular flexibility index (Phi) is 2.45. The van der Waals surface area contributed by atoms with E-state index in [9.17, 15) is 0 Å². The van der Waals surface area contributed by atoms with E-state index in [1.807, 2.05) is 0 Å². The van der Waals surface area contributed by atoms with Crippen LogP contribution in [0, 0.1) is 12.8 Å². The van der Waals surface area contributed by atoms with E-state index in [0.29, 0.717) is 0 Å². The summed E-state index contributed by atoms with van der Waals surface area (Å²) in [7, 11) is 0. The van der Waals surface area contributed by atoms with Crippen molar-refractivity contribution in [1.82, 2.24) is 0 Å². The molecule has 1 unspecified atom stereocenters. The average Bonchev–Trinajstić information content (AvgIpc) is 2.49. The molecule has 0 heteroatoms. The predicted molar refractivity (Wildman–Crippen MR) is 62.2 cm³/mol. The Balaban J connectivity index is 2.46. The fourth-order valence-electron chi connectivity index (χ4n) is 2.33. The molecule has 0 radical (unpaired) electrons. The van der Waals surface area contributed by atoms with Gasteiger partial charge in [0.2, 0.25) is 0 Å². The van der Waals surface area contributed by atoms with Gasteiger partial charge in [-0.25, -0.2) is 0 Å². The number of allylic oxidation sites excluding steroid dienone is 2. The maximum absolute atomic E-state index is 2.33. The summed E-state index contributed by atoms with van der Waals surface area (Å²) in [5, 5.41) is 0. The van der Waals surface area contributed by atoms with Crippen LogP contribution in [0.4, 0.5) is 0 Å². The van der Waals surface area contributed by atoms with Gasteiger partial charge in [-0.3, -0.25) is 0 Å². The Bertz CT molecular complexity index is 371. The van der Waals surface area contributed by atoms with Crippen molar-refractivity contribution in [3.8, 4) is 0 Å². The molecule has 0 aromatic heterocycles. The highest BCUT2D eigenvalue weighted by molar-refractivity contribution is 5.72. The van der Waals surface area contributed by atoms with Crippen molar-refractivity contribution >= 4 is 5.57 Å². The summed E-state index contributed by atoms with van der Waals surface area (Å²) in [5.74, 6) is 0.782. The van der Waals surface area contributed by atoms with E-state index in [0.717, 1.165) is 5.92 Å². The van der Waals surface area contributed by atoms with Crippen molar-refractivity contribution in [2.75, 3.05) is 0 Å². The van der Waals surface area contributed by atoms with Crippen LogP contribution in [0.15, 0.2) is 29.8 Å². The van der Waals surface area contributed by atoms with Crippen LogP contribution < -0.4 is 0 Å². The Morgan fingerprint density at radius 3 is 2.43 bits per heavy atom. The molecule has 0 saturated heterocycles. The zero-order chi connectivity index (χ0) is 10.1. The fraction of sp³-hybridized carbons (Fsp3) is 0.429. The van der Waals surface area contributed by atoms with Gasteiger partial charge in [0.05, 0.1) is 0 Å². The lowest BCUT2D eigenvalue weighted by molar-refractivity contribution is 0.671. The van der Waals surface area contributed by atoms with E-state index in [2.05, 4.69) is 45.0 Å². The van der Waals surface area contributed by atoms with E-state index >= 15 is 0 Å². The third-order valence-electron chi connectivity index (χ3n) is 3.51. The van der Waals surface area contributed by atoms with Crippen LogP contribution in [0.2, 0.25) is 0 Å². The minimum atomic E-state index is 0.782. The Morgan fingerprint density at radius 2 is 1.86 bits per heavy atom. The summed E-state index contributed by atoms with van der Waals surface area (Å²) in [5.41, 5.74) is 6.07. The molecule has 0 spiro atoms. The summed E-state index contributed by atoms with van der Waals surface area (Å²) in [6.45, 7) is 6.83. The van der Waals surface area contributed by atoms with E-state index in [1.165, 1.54) is 24.0 Å². The first-order valence-electron chi connectivity index (χ1n) is 5.46. The number of aryl methyl sites for hydroxylation is 1. The Hall–Kier alpha value is -1.04. The molecule has 0 bridgehead atoms. The molecule has 1 aromatic carbocycles. The SMILES string of the molecule is CC1=C(c2ccccc2C)CCC1C. The topological polar surface area (TPSA) is 0 Å². The summed E-state index contributed by atoms with van der Waals surface area (Å²) in [6.07, 6.45) is 2.59. The van der Waals surface area contributed by atoms with Crippen molar-refractivity contribution in [2.45, 2.75) is 33.6 Å². The standard InChI is InChI=1S/C14H18/c1-10-8-9-14(12(10)3)13-7-5-4-6-11(13)2/h4-7,10H,8-9H2,1-3H3. The highest BCUT2D eigenvalue weighted by Crippen LogP contribution is 2.38. The molecular formula is C14H18. The molecule has 0 heterocycles. The molecule has 0 fully saturated rings. The van der Waals surface area contributed by atoms with Gasteiger partial charge < -0.3 is 0 Å². The van der Waals surface area contributed by atoms with Crippen LogP contribution in [0.25, 0.3) is 5.57 Å². The third kappa shape index (κ3) is 1.50. The van der Waals surface area contributed by atoms with Gasteiger partial charge in [0.15, 0.2) is 0 Å². The molecule has 0 N–H and O–H groups in total. The van der Waals surface area contributed by atoms with Gasteiger partial charge in [0, 0.05) is 0 Å². The van der Waals surface area contributed by atoms with Crippen LogP contribution in [0.5, 0.6) is 0 Å². The largest absolute Gasteiger partial charge is 0.0667 e. The maximum atomic E-state index is 2.33. The first-order valence-corrected chi connectivity index (χ1v) is 5.46. The molecule has 0 aliphatic heterocycles. The van der Waals surface area contributed by atoms with Gasteiger partial charge in [0.1, 0.15) is 0 Å². The van der Waals surface area contributed by atoms with Crippen LogP contribution in [0.1, 0.15) is 37.8 Å². The van der Waals surface area contributed by atoms with Crippen molar-refractivity contribution in [3.63, 3.8) is 0 Å². The fourth-order valence-corrected chi connectivity index (χ4v) is 2.33. The second-order valence-electron chi connectivity index (χ2n) is 4.42. The van der Waals surface area contributed by atoms with Crippen molar-refractivity contribution in [3.05, 3.63) is 41.0 Å². The minimum absolute atomic E-state index is 0.782. The number of hydrogen-bond acceptors (Lipinski definition) is 0. The van der Waals surface area contributed by atoms with Crippen LogP contribution in [0.3, 0.4) is 0 Å². The van der Waals surface area contributed by atoms with E-state index in [-0.39, 0.29) is 0 Å². The molecule has 0 amide bonds. The molecule has 2 rings (SSSR count). The average molecular weight is 186 g/mol. The zero-order valence-electron chi connectivity index (χ0n) is 9.30. The molecule has 1 aliphatic carbocycles. The second-order valence-corrected chi connectivity index (χ2v) is 4.42. The van der Waals surface area contributed by atoms with Crippen molar-refractivity contribution in [1.29, 1.82) is 0 Å². The molecule has 14 heavy (non-hydrogen) atoms. The summed E-state index contributed by atoms with van der Waals surface area (Å²) in [4.78, 5) is 0. The third-order valence-corrected chi connectivity index (χ3v) is 3.51. The van der Waals surface area contributed by atoms with Gasteiger partial charge >= 0.3 is 0 Å². The van der Waals surface area contributed by atoms with E-state index < -0.39 is 0 Å². The number of benzene rings is 1. The first-order chi connectivity index (χ1) is 6.70. The summed E-state index contributed by atoms with van der Waals surface area (Å²) in [6, 6.07) is 8.73.